The van der Waals surface area contributed by atoms with Gasteiger partial charge in [-0.15, -0.1) is 0 Å². The van der Waals surface area contributed by atoms with Crippen LogP contribution in [0.2, 0.25) is 0 Å². The number of benzene rings is 1. The number of carbonyl (C=O) groups is 2. The summed E-state index contributed by atoms with van der Waals surface area (Å²) in [5, 5.41) is 13.6. The lowest BCUT2D eigenvalue weighted by atomic mass is 9.89. The van der Waals surface area contributed by atoms with Gasteiger partial charge in [0.2, 0.25) is 5.91 Å². The average Bonchev–Trinajstić information content (AvgIpc) is 3.19. The molecular formula is C18H20FN3O3. The van der Waals surface area contributed by atoms with Crippen molar-refractivity contribution in [2.45, 2.75) is 25.8 Å². The molecular weight excluding hydrogens is 325 g/mol. The van der Waals surface area contributed by atoms with E-state index in [0.29, 0.717) is 12.1 Å². The molecule has 2 heterocycles. The smallest absolute Gasteiger partial charge is 0.308 e. The molecule has 1 aliphatic heterocycles. The first kappa shape index (κ1) is 17.1. The van der Waals surface area contributed by atoms with E-state index in [9.17, 15) is 19.1 Å². The predicted octanol–water partition coefficient (Wildman–Crippen LogP) is 2.05. The fourth-order valence-electron chi connectivity index (χ4n) is 3.33. The SMILES string of the molecule is Cc1ccnn1CCC(=O)N1C[C@@H](C(=O)O)[C@H](c2cccc(F)c2)C1. The largest absolute Gasteiger partial charge is 0.481 e. The zero-order chi connectivity index (χ0) is 18.0. The highest BCUT2D eigenvalue weighted by atomic mass is 19.1. The Balaban J connectivity index is 1.70. The predicted molar refractivity (Wildman–Crippen MR) is 88.4 cm³/mol. The molecule has 0 bridgehead atoms. The topological polar surface area (TPSA) is 75.4 Å². The minimum atomic E-state index is -0.965. The van der Waals surface area contributed by atoms with Crippen LogP contribution in [0.3, 0.4) is 0 Å². The van der Waals surface area contributed by atoms with Crippen LogP contribution >= 0.6 is 0 Å². The first-order valence-corrected chi connectivity index (χ1v) is 8.20. The summed E-state index contributed by atoms with van der Waals surface area (Å²) in [5.41, 5.74) is 1.58. The van der Waals surface area contributed by atoms with Gasteiger partial charge in [0.05, 0.1) is 5.92 Å². The van der Waals surface area contributed by atoms with E-state index < -0.39 is 23.6 Å². The van der Waals surface area contributed by atoms with Gasteiger partial charge in [0.25, 0.3) is 0 Å². The number of aryl methyl sites for hydroxylation is 2. The lowest BCUT2D eigenvalue weighted by Crippen LogP contribution is -2.30. The molecule has 7 heteroatoms. The van der Waals surface area contributed by atoms with Crippen LogP contribution in [0.1, 0.15) is 23.6 Å². The molecule has 6 nitrogen and oxygen atoms in total. The second kappa shape index (κ2) is 7.04. The third-order valence-electron chi connectivity index (χ3n) is 4.73. The Morgan fingerprint density at radius 1 is 1.32 bits per heavy atom. The summed E-state index contributed by atoms with van der Waals surface area (Å²) in [6, 6.07) is 7.81. The lowest BCUT2D eigenvalue weighted by molar-refractivity contribution is -0.141. The Kier molecular flexibility index (Phi) is 4.83. The third kappa shape index (κ3) is 3.70. The number of amides is 1. The van der Waals surface area contributed by atoms with Crippen molar-refractivity contribution < 1.29 is 19.1 Å². The second-order valence-electron chi connectivity index (χ2n) is 6.35. The van der Waals surface area contributed by atoms with Crippen LogP contribution in [0.25, 0.3) is 0 Å². The highest BCUT2D eigenvalue weighted by molar-refractivity contribution is 5.79. The standard InChI is InChI=1S/C18H20FN3O3/c1-12-5-7-20-22(12)8-6-17(23)21-10-15(16(11-21)18(24)25)13-3-2-4-14(19)9-13/h2-5,7,9,15-16H,6,8,10-11H2,1H3,(H,24,25)/t15-,16+/m0/s1. The number of hydrogen-bond donors (Lipinski definition) is 1. The Morgan fingerprint density at radius 3 is 2.76 bits per heavy atom. The minimum absolute atomic E-state index is 0.111. The number of carboxylic acids is 1. The molecule has 0 aliphatic carbocycles. The van der Waals surface area contributed by atoms with Crippen LogP contribution < -0.4 is 0 Å². The van der Waals surface area contributed by atoms with Crippen LogP contribution in [-0.2, 0) is 16.1 Å². The van der Waals surface area contributed by atoms with Crippen LogP contribution in [0.4, 0.5) is 4.39 Å². The first-order chi connectivity index (χ1) is 12.0. The number of halogens is 1. The number of aromatic nitrogens is 2. The van der Waals surface area contributed by atoms with Crippen molar-refractivity contribution in [3.8, 4) is 0 Å². The minimum Gasteiger partial charge on any atom is -0.481 e. The third-order valence-corrected chi connectivity index (χ3v) is 4.73. The first-order valence-electron chi connectivity index (χ1n) is 8.20. The Bertz CT molecular complexity index is 789. The summed E-state index contributed by atoms with van der Waals surface area (Å²) in [4.78, 5) is 25.6. The van der Waals surface area contributed by atoms with Gasteiger partial charge in [0.1, 0.15) is 5.82 Å². The molecule has 2 aromatic rings. The van der Waals surface area contributed by atoms with Crippen molar-refractivity contribution in [3.63, 3.8) is 0 Å². The van der Waals surface area contributed by atoms with Gasteiger partial charge in [0, 0.05) is 43.9 Å². The van der Waals surface area contributed by atoms with Crippen molar-refractivity contribution in [2.24, 2.45) is 5.92 Å². The van der Waals surface area contributed by atoms with Gasteiger partial charge in [-0.1, -0.05) is 12.1 Å². The van der Waals surface area contributed by atoms with Crippen LogP contribution in [0.15, 0.2) is 36.5 Å². The van der Waals surface area contributed by atoms with E-state index in [1.54, 1.807) is 27.9 Å². The average molecular weight is 345 g/mol. The Labute approximate surface area is 144 Å². The van der Waals surface area contributed by atoms with Crippen molar-refractivity contribution in [1.29, 1.82) is 0 Å². The highest BCUT2D eigenvalue weighted by Gasteiger charge is 2.40. The molecule has 1 aromatic carbocycles. The van der Waals surface area contributed by atoms with Gasteiger partial charge in [0.15, 0.2) is 0 Å². The number of likely N-dealkylation sites (tertiary alicyclic amines) is 1. The molecule has 1 amide bonds. The number of rotatable bonds is 5. The fraction of sp³-hybridized carbons (Fsp3) is 0.389. The Morgan fingerprint density at radius 2 is 2.12 bits per heavy atom. The number of nitrogens with zero attached hydrogens (tertiary/aromatic N) is 3. The number of carbonyl (C=O) groups excluding carboxylic acids is 1. The monoisotopic (exact) mass is 345 g/mol. The van der Waals surface area contributed by atoms with Crippen molar-refractivity contribution in [3.05, 3.63) is 53.6 Å². The maximum atomic E-state index is 13.5. The summed E-state index contributed by atoms with van der Waals surface area (Å²) >= 11 is 0. The number of hydrogen-bond acceptors (Lipinski definition) is 3. The van der Waals surface area contributed by atoms with E-state index in [1.165, 1.54) is 12.1 Å². The van der Waals surface area contributed by atoms with Crippen LogP contribution in [0.5, 0.6) is 0 Å². The second-order valence-corrected chi connectivity index (χ2v) is 6.35. The molecule has 0 saturated carbocycles. The van der Waals surface area contributed by atoms with Gasteiger partial charge in [-0.3, -0.25) is 14.3 Å². The molecule has 0 radical (unpaired) electrons. The molecule has 1 saturated heterocycles. The van der Waals surface area contributed by atoms with Gasteiger partial charge in [-0.25, -0.2) is 4.39 Å². The van der Waals surface area contributed by atoms with E-state index in [1.807, 2.05) is 13.0 Å². The summed E-state index contributed by atoms with van der Waals surface area (Å²) < 4.78 is 15.2. The van der Waals surface area contributed by atoms with E-state index in [4.69, 9.17) is 0 Å². The van der Waals surface area contributed by atoms with Crippen molar-refractivity contribution in [1.82, 2.24) is 14.7 Å². The normalized spacial score (nSPS) is 20.0. The highest BCUT2D eigenvalue weighted by Crippen LogP contribution is 2.33. The van der Waals surface area contributed by atoms with Crippen LogP contribution in [0, 0.1) is 18.7 Å². The number of aliphatic carboxylic acids is 1. The molecule has 25 heavy (non-hydrogen) atoms. The maximum Gasteiger partial charge on any atom is 0.308 e. The van der Waals surface area contributed by atoms with E-state index in [2.05, 4.69) is 5.10 Å². The summed E-state index contributed by atoms with van der Waals surface area (Å²) in [6.07, 6.45) is 1.93. The van der Waals surface area contributed by atoms with Crippen molar-refractivity contribution >= 4 is 11.9 Å². The van der Waals surface area contributed by atoms with E-state index in [0.717, 1.165) is 5.69 Å². The summed E-state index contributed by atoms with van der Waals surface area (Å²) in [6.45, 7) is 2.80. The quantitative estimate of drug-likeness (QED) is 0.900. The molecule has 0 unspecified atom stereocenters. The van der Waals surface area contributed by atoms with Gasteiger partial charge >= 0.3 is 5.97 Å². The summed E-state index contributed by atoms with van der Waals surface area (Å²) in [7, 11) is 0. The fourth-order valence-corrected chi connectivity index (χ4v) is 3.33. The Hall–Kier alpha value is -2.70. The number of carboxylic acid groups (broad SMARTS) is 1. The maximum absolute atomic E-state index is 13.5. The molecule has 1 aromatic heterocycles. The van der Waals surface area contributed by atoms with E-state index >= 15 is 0 Å². The zero-order valence-corrected chi connectivity index (χ0v) is 13.9. The van der Waals surface area contributed by atoms with Gasteiger partial charge in [-0.2, -0.15) is 5.10 Å². The summed E-state index contributed by atoms with van der Waals surface area (Å²) in [5.74, 6) is -2.60. The zero-order valence-electron chi connectivity index (χ0n) is 13.9. The van der Waals surface area contributed by atoms with Gasteiger partial charge < -0.3 is 10.0 Å². The molecule has 1 N–H and O–H groups in total. The lowest BCUT2D eigenvalue weighted by Gasteiger charge is -2.17. The molecule has 2 atom stereocenters. The van der Waals surface area contributed by atoms with E-state index in [-0.39, 0.29) is 25.4 Å². The van der Waals surface area contributed by atoms with Crippen molar-refractivity contribution in [2.75, 3.05) is 13.1 Å². The van der Waals surface area contributed by atoms with Crippen LogP contribution in [-0.4, -0.2) is 44.8 Å². The molecule has 0 spiro atoms. The molecule has 132 valence electrons. The van der Waals surface area contributed by atoms with Gasteiger partial charge in [-0.05, 0) is 30.7 Å². The molecule has 1 aliphatic rings. The molecule has 1 fully saturated rings. The molecule has 3 rings (SSSR count).